The van der Waals surface area contributed by atoms with Crippen LogP contribution in [0.2, 0.25) is 0 Å². The molecule has 2 aromatic rings. The van der Waals surface area contributed by atoms with Crippen LogP contribution in [-0.2, 0) is 11.8 Å². The van der Waals surface area contributed by atoms with Gasteiger partial charge in [0.05, 0.1) is 12.8 Å². The van der Waals surface area contributed by atoms with Gasteiger partial charge in [-0.15, -0.1) is 11.3 Å². The summed E-state index contributed by atoms with van der Waals surface area (Å²) >= 11 is 1.58. The Labute approximate surface area is 97.5 Å². The molecule has 4 nitrogen and oxygen atoms in total. The fourth-order valence-corrected chi connectivity index (χ4v) is 2.23. The smallest absolute Gasteiger partial charge is 0.357 e. The maximum atomic E-state index is 11.8. The second kappa shape index (κ2) is 4.49. The monoisotopic (exact) mass is 236 g/mol. The van der Waals surface area contributed by atoms with Crippen molar-refractivity contribution in [1.82, 2.24) is 9.78 Å². The summed E-state index contributed by atoms with van der Waals surface area (Å²) in [5, 5.41) is 6.07. The van der Waals surface area contributed by atoms with Gasteiger partial charge in [0.2, 0.25) is 0 Å². The summed E-state index contributed by atoms with van der Waals surface area (Å²) in [5.74, 6) is -0.328. The van der Waals surface area contributed by atoms with Crippen molar-refractivity contribution in [3.63, 3.8) is 0 Å². The highest BCUT2D eigenvalue weighted by atomic mass is 32.1. The van der Waals surface area contributed by atoms with E-state index in [1.807, 2.05) is 17.5 Å². The summed E-state index contributed by atoms with van der Waals surface area (Å²) in [5.41, 5.74) is 1.33. The Morgan fingerprint density at radius 1 is 1.62 bits per heavy atom. The summed E-state index contributed by atoms with van der Waals surface area (Å²) in [6, 6.07) is 3.91. The van der Waals surface area contributed by atoms with E-state index in [0.717, 1.165) is 10.4 Å². The summed E-state index contributed by atoms with van der Waals surface area (Å²) in [4.78, 5) is 12.8. The van der Waals surface area contributed by atoms with Crippen LogP contribution >= 0.6 is 11.3 Å². The molecule has 0 N–H and O–H groups in total. The molecule has 0 aliphatic carbocycles. The van der Waals surface area contributed by atoms with Gasteiger partial charge in [-0.1, -0.05) is 6.07 Å². The van der Waals surface area contributed by atoms with Gasteiger partial charge in [0.15, 0.2) is 5.69 Å². The first kappa shape index (κ1) is 10.9. The van der Waals surface area contributed by atoms with Crippen LogP contribution in [0.15, 0.2) is 23.7 Å². The molecule has 0 saturated carbocycles. The molecule has 16 heavy (non-hydrogen) atoms. The fraction of sp³-hybridized carbons (Fsp3) is 0.273. The summed E-state index contributed by atoms with van der Waals surface area (Å²) in [6.07, 6.45) is 1.69. The number of thiophene rings is 1. The number of hydrogen-bond acceptors (Lipinski definition) is 4. The van der Waals surface area contributed by atoms with Crippen LogP contribution in [0.25, 0.3) is 10.4 Å². The first-order valence-electron chi connectivity index (χ1n) is 4.97. The van der Waals surface area contributed by atoms with Crippen LogP contribution in [0.5, 0.6) is 0 Å². The highest BCUT2D eigenvalue weighted by molar-refractivity contribution is 7.13. The van der Waals surface area contributed by atoms with Gasteiger partial charge in [-0.05, 0) is 18.4 Å². The molecule has 0 fully saturated rings. The molecule has 2 heterocycles. The standard InChI is InChI=1S/C11H12N2O2S/c1-3-15-11(14)10-8(7-12-13(10)2)9-5-4-6-16-9/h4-7H,3H2,1-2H3. The molecule has 0 atom stereocenters. The Balaban J connectivity index is 2.44. The van der Waals surface area contributed by atoms with Crippen LogP contribution in [-0.4, -0.2) is 22.4 Å². The van der Waals surface area contributed by atoms with Crippen LogP contribution in [0.3, 0.4) is 0 Å². The van der Waals surface area contributed by atoms with Gasteiger partial charge in [0.25, 0.3) is 0 Å². The average Bonchev–Trinajstić information content (AvgIpc) is 2.86. The Kier molecular flexibility index (Phi) is 3.05. The van der Waals surface area contributed by atoms with Gasteiger partial charge in [-0.25, -0.2) is 4.79 Å². The Morgan fingerprint density at radius 3 is 3.06 bits per heavy atom. The lowest BCUT2D eigenvalue weighted by molar-refractivity contribution is 0.0514. The first-order chi connectivity index (χ1) is 7.74. The summed E-state index contributed by atoms with van der Waals surface area (Å²) in [6.45, 7) is 2.16. The molecular weight excluding hydrogens is 224 g/mol. The lowest BCUT2D eigenvalue weighted by Gasteiger charge is -2.04. The van der Waals surface area contributed by atoms with Crippen molar-refractivity contribution < 1.29 is 9.53 Å². The fourth-order valence-electron chi connectivity index (χ4n) is 1.49. The lowest BCUT2D eigenvalue weighted by Crippen LogP contribution is -2.11. The normalized spacial score (nSPS) is 10.4. The highest BCUT2D eigenvalue weighted by Gasteiger charge is 2.19. The highest BCUT2D eigenvalue weighted by Crippen LogP contribution is 2.27. The largest absolute Gasteiger partial charge is 0.461 e. The third-order valence-electron chi connectivity index (χ3n) is 2.19. The van der Waals surface area contributed by atoms with Gasteiger partial charge in [-0.2, -0.15) is 5.10 Å². The van der Waals surface area contributed by atoms with Gasteiger partial charge in [0, 0.05) is 17.5 Å². The quantitative estimate of drug-likeness (QED) is 0.768. The molecule has 0 unspecified atom stereocenters. The minimum absolute atomic E-state index is 0.328. The number of carbonyl (C=O) groups is 1. The molecular formula is C11H12N2O2S. The second-order valence-electron chi connectivity index (χ2n) is 3.23. The molecule has 0 aromatic carbocycles. The molecule has 0 spiro atoms. The molecule has 0 radical (unpaired) electrons. The van der Waals surface area contributed by atoms with Crippen molar-refractivity contribution in [1.29, 1.82) is 0 Å². The molecule has 5 heteroatoms. The topological polar surface area (TPSA) is 44.1 Å². The van der Waals surface area contributed by atoms with Crippen LogP contribution in [0, 0.1) is 0 Å². The maximum Gasteiger partial charge on any atom is 0.357 e. The molecule has 84 valence electrons. The lowest BCUT2D eigenvalue weighted by atomic mass is 10.2. The van der Waals surface area contributed by atoms with E-state index >= 15 is 0 Å². The SMILES string of the molecule is CCOC(=O)c1c(-c2cccs2)cnn1C. The number of aromatic nitrogens is 2. The first-order valence-corrected chi connectivity index (χ1v) is 5.85. The number of rotatable bonds is 3. The Bertz CT molecular complexity index is 488. The maximum absolute atomic E-state index is 11.8. The zero-order valence-corrected chi connectivity index (χ0v) is 9.95. The number of nitrogens with zero attached hydrogens (tertiary/aromatic N) is 2. The van der Waals surface area contributed by atoms with Crippen molar-refractivity contribution in [3.8, 4) is 10.4 Å². The second-order valence-corrected chi connectivity index (χ2v) is 4.18. The van der Waals surface area contributed by atoms with Crippen molar-refractivity contribution in [2.75, 3.05) is 6.61 Å². The van der Waals surface area contributed by atoms with Crippen LogP contribution < -0.4 is 0 Å². The van der Waals surface area contributed by atoms with Crippen molar-refractivity contribution in [3.05, 3.63) is 29.4 Å². The molecule has 2 rings (SSSR count). The summed E-state index contributed by atoms with van der Waals surface area (Å²) in [7, 11) is 1.74. The average molecular weight is 236 g/mol. The molecule has 0 bridgehead atoms. The van der Waals surface area contributed by atoms with E-state index in [0.29, 0.717) is 12.3 Å². The molecule has 2 aromatic heterocycles. The van der Waals surface area contributed by atoms with Crippen LogP contribution in [0.4, 0.5) is 0 Å². The van der Waals surface area contributed by atoms with E-state index in [1.54, 1.807) is 36.2 Å². The van der Waals surface area contributed by atoms with E-state index in [9.17, 15) is 4.79 Å². The zero-order valence-electron chi connectivity index (χ0n) is 9.14. The van der Waals surface area contributed by atoms with Crippen LogP contribution in [0.1, 0.15) is 17.4 Å². The van der Waals surface area contributed by atoms with E-state index in [1.165, 1.54) is 0 Å². The Hall–Kier alpha value is -1.62. The third-order valence-corrected chi connectivity index (χ3v) is 3.10. The van der Waals surface area contributed by atoms with Gasteiger partial charge in [0.1, 0.15) is 0 Å². The van der Waals surface area contributed by atoms with Crippen molar-refractivity contribution >= 4 is 17.3 Å². The van der Waals surface area contributed by atoms with Gasteiger partial charge in [-0.3, -0.25) is 4.68 Å². The van der Waals surface area contributed by atoms with Gasteiger partial charge >= 0.3 is 5.97 Å². The number of hydrogen-bond donors (Lipinski definition) is 0. The predicted molar refractivity (Wildman–Crippen MR) is 62.5 cm³/mol. The molecule has 0 aliphatic heterocycles. The molecule has 0 saturated heterocycles. The molecule has 0 aliphatic rings. The zero-order chi connectivity index (χ0) is 11.5. The number of ether oxygens (including phenoxy) is 1. The van der Waals surface area contributed by atoms with Crippen molar-refractivity contribution in [2.45, 2.75) is 6.92 Å². The number of aryl methyl sites for hydroxylation is 1. The Morgan fingerprint density at radius 2 is 2.44 bits per heavy atom. The molecule has 0 amide bonds. The van der Waals surface area contributed by atoms with E-state index < -0.39 is 0 Å². The van der Waals surface area contributed by atoms with E-state index in [2.05, 4.69) is 5.10 Å². The minimum atomic E-state index is -0.328. The van der Waals surface area contributed by atoms with E-state index in [-0.39, 0.29) is 5.97 Å². The summed E-state index contributed by atoms with van der Waals surface area (Å²) < 4.78 is 6.56. The minimum Gasteiger partial charge on any atom is -0.461 e. The third kappa shape index (κ3) is 1.86. The number of carbonyl (C=O) groups excluding carboxylic acids is 1. The van der Waals surface area contributed by atoms with E-state index in [4.69, 9.17) is 4.74 Å². The van der Waals surface area contributed by atoms with Crippen molar-refractivity contribution in [2.24, 2.45) is 7.05 Å². The number of esters is 1. The predicted octanol–water partition coefficient (Wildman–Crippen LogP) is 2.33. The van der Waals surface area contributed by atoms with Gasteiger partial charge < -0.3 is 4.74 Å².